The van der Waals surface area contributed by atoms with E-state index in [-0.39, 0.29) is 0 Å². The van der Waals surface area contributed by atoms with Crippen LogP contribution in [0.5, 0.6) is 0 Å². The lowest BCUT2D eigenvalue weighted by Crippen LogP contribution is -2.02. The Bertz CT molecular complexity index is 2270. The molecule has 0 fully saturated rings. The van der Waals surface area contributed by atoms with Crippen LogP contribution in [0.3, 0.4) is 0 Å². The van der Waals surface area contributed by atoms with Crippen LogP contribution < -0.4 is 0 Å². The smallest absolute Gasteiger partial charge is 0.166 e. The van der Waals surface area contributed by atoms with Crippen LogP contribution in [0.25, 0.3) is 79.2 Å². The van der Waals surface area contributed by atoms with Gasteiger partial charge in [0.05, 0.1) is 16.4 Å². The predicted octanol–water partition coefficient (Wildman–Crippen LogP) is 11.0. The van der Waals surface area contributed by atoms with Crippen molar-refractivity contribution in [1.82, 2.24) is 24.9 Å². The zero-order valence-electron chi connectivity index (χ0n) is 26.3. The molecule has 0 saturated carbocycles. The third-order valence-electron chi connectivity index (χ3n) is 8.26. The molecule has 6 aromatic carbocycles. The first kappa shape index (κ1) is 30.1. The summed E-state index contributed by atoms with van der Waals surface area (Å²) < 4.78 is 0. The van der Waals surface area contributed by atoms with E-state index in [1.807, 2.05) is 133 Å². The predicted molar refractivity (Wildman–Crippen MR) is 198 cm³/mol. The summed E-state index contributed by atoms with van der Waals surface area (Å²) in [6, 6.07) is 56.3. The van der Waals surface area contributed by atoms with Gasteiger partial charge in [0.1, 0.15) is 0 Å². The van der Waals surface area contributed by atoms with Crippen LogP contribution in [-0.2, 0) is 0 Å². The minimum absolute atomic E-state index is 0.479. The molecule has 6 heteroatoms. The van der Waals surface area contributed by atoms with Crippen LogP contribution in [0.15, 0.2) is 170 Å². The number of nitrogens with zero attached hydrogens (tertiary/aromatic N) is 5. The standard InChI is InChI=1S/C43H28ClN5/c44-36-27-15-26-34(39(36)43-48-40(31-20-9-3-10-21-31)47-41(49-43)32-22-11-4-12-23-32)33-24-13-14-25-35(33)42-45-37(29-16-5-1-6-17-29)28-38(46-42)30-18-7-2-8-19-30/h1-28H. The van der Waals surface area contributed by atoms with Crippen molar-refractivity contribution >= 4 is 11.6 Å². The van der Waals surface area contributed by atoms with E-state index in [0.717, 1.165) is 50.3 Å². The summed E-state index contributed by atoms with van der Waals surface area (Å²) in [5, 5.41) is 0.528. The molecule has 0 saturated heterocycles. The Balaban J connectivity index is 1.34. The molecule has 5 nitrogen and oxygen atoms in total. The van der Waals surface area contributed by atoms with Gasteiger partial charge in [0.15, 0.2) is 23.3 Å². The van der Waals surface area contributed by atoms with E-state index in [2.05, 4.69) is 36.4 Å². The van der Waals surface area contributed by atoms with Crippen molar-refractivity contribution in [3.8, 4) is 79.2 Å². The van der Waals surface area contributed by atoms with Crippen LogP contribution in [0.4, 0.5) is 0 Å². The first-order valence-electron chi connectivity index (χ1n) is 16.0. The number of aromatic nitrogens is 5. The van der Waals surface area contributed by atoms with E-state index < -0.39 is 0 Å². The summed E-state index contributed by atoms with van der Waals surface area (Å²) in [6.45, 7) is 0. The lowest BCUT2D eigenvalue weighted by atomic mass is 9.94. The van der Waals surface area contributed by atoms with Gasteiger partial charge in [0.2, 0.25) is 0 Å². The summed E-state index contributed by atoms with van der Waals surface area (Å²) in [6.07, 6.45) is 0. The topological polar surface area (TPSA) is 64.5 Å². The molecule has 0 amide bonds. The molecule has 8 rings (SSSR count). The molecule has 0 radical (unpaired) electrons. The van der Waals surface area contributed by atoms with Gasteiger partial charge < -0.3 is 0 Å². The van der Waals surface area contributed by atoms with Crippen molar-refractivity contribution in [1.29, 1.82) is 0 Å². The first-order valence-corrected chi connectivity index (χ1v) is 16.3. The van der Waals surface area contributed by atoms with Gasteiger partial charge in [-0.25, -0.2) is 24.9 Å². The van der Waals surface area contributed by atoms with Crippen molar-refractivity contribution in [3.05, 3.63) is 175 Å². The normalized spacial score (nSPS) is 11.0. The quantitative estimate of drug-likeness (QED) is 0.172. The van der Waals surface area contributed by atoms with E-state index in [4.69, 9.17) is 36.5 Å². The molecule has 0 N–H and O–H groups in total. The highest BCUT2D eigenvalue weighted by atomic mass is 35.5. The van der Waals surface area contributed by atoms with Gasteiger partial charge in [0, 0.05) is 33.4 Å². The average molecular weight is 650 g/mol. The largest absolute Gasteiger partial charge is 0.228 e. The Morgan fingerprint density at radius 3 is 1.22 bits per heavy atom. The van der Waals surface area contributed by atoms with Gasteiger partial charge in [-0.2, -0.15) is 0 Å². The number of benzene rings is 6. The maximum absolute atomic E-state index is 7.09. The third-order valence-corrected chi connectivity index (χ3v) is 8.57. The Hall–Kier alpha value is -6.30. The summed E-state index contributed by atoms with van der Waals surface area (Å²) >= 11 is 7.09. The first-order chi connectivity index (χ1) is 24.2. The minimum Gasteiger partial charge on any atom is -0.228 e. The Morgan fingerprint density at radius 1 is 0.306 bits per heavy atom. The Kier molecular flexibility index (Phi) is 8.24. The lowest BCUT2D eigenvalue weighted by Gasteiger charge is -2.16. The van der Waals surface area contributed by atoms with Gasteiger partial charge >= 0.3 is 0 Å². The highest BCUT2D eigenvalue weighted by molar-refractivity contribution is 6.34. The monoisotopic (exact) mass is 649 g/mol. The average Bonchev–Trinajstić information content (AvgIpc) is 3.19. The highest BCUT2D eigenvalue weighted by Gasteiger charge is 2.21. The fourth-order valence-corrected chi connectivity index (χ4v) is 6.15. The summed E-state index contributed by atoms with van der Waals surface area (Å²) in [4.78, 5) is 25.2. The summed E-state index contributed by atoms with van der Waals surface area (Å²) in [5.74, 6) is 2.21. The second kappa shape index (κ2) is 13.4. The highest BCUT2D eigenvalue weighted by Crippen LogP contribution is 2.41. The lowest BCUT2D eigenvalue weighted by molar-refractivity contribution is 1.07. The molecule has 2 heterocycles. The van der Waals surface area contributed by atoms with Crippen LogP contribution in [-0.4, -0.2) is 24.9 Å². The van der Waals surface area contributed by atoms with Gasteiger partial charge in [-0.3, -0.25) is 0 Å². The number of rotatable bonds is 7. The molecule has 0 spiro atoms. The van der Waals surface area contributed by atoms with Gasteiger partial charge in [-0.05, 0) is 23.3 Å². The number of hydrogen-bond acceptors (Lipinski definition) is 5. The third kappa shape index (κ3) is 6.23. The Morgan fingerprint density at radius 2 is 0.714 bits per heavy atom. The van der Waals surface area contributed by atoms with E-state index >= 15 is 0 Å². The van der Waals surface area contributed by atoms with Gasteiger partial charge in [-0.1, -0.05) is 169 Å². The van der Waals surface area contributed by atoms with E-state index in [1.54, 1.807) is 0 Å². The Labute approximate surface area is 289 Å². The van der Waals surface area contributed by atoms with E-state index in [1.165, 1.54) is 0 Å². The molecular weight excluding hydrogens is 622 g/mol. The fraction of sp³-hybridized carbons (Fsp3) is 0. The van der Waals surface area contributed by atoms with Crippen molar-refractivity contribution < 1.29 is 0 Å². The van der Waals surface area contributed by atoms with Gasteiger partial charge in [0.25, 0.3) is 0 Å². The molecule has 8 aromatic rings. The molecule has 0 unspecified atom stereocenters. The number of halogens is 1. The molecule has 232 valence electrons. The van der Waals surface area contributed by atoms with Crippen LogP contribution in [0.2, 0.25) is 5.02 Å². The van der Waals surface area contributed by atoms with E-state index in [0.29, 0.717) is 33.9 Å². The van der Waals surface area contributed by atoms with Gasteiger partial charge in [-0.15, -0.1) is 0 Å². The minimum atomic E-state index is 0.479. The zero-order valence-corrected chi connectivity index (χ0v) is 27.0. The molecule has 0 atom stereocenters. The van der Waals surface area contributed by atoms with Crippen molar-refractivity contribution in [3.63, 3.8) is 0 Å². The van der Waals surface area contributed by atoms with Crippen molar-refractivity contribution in [2.45, 2.75) is 0 Å². The molecule has 2 aromatic heterocycles. The molecule has 0 bridgehead atoms. The maximum atomic E-state index is 7.09. The van der Waals surface area contributed by atoms with Crippen LogP contribution in [0, 0.1) is 0 Å². The second-order valence-electron chi connectivity index (χ2n) is 11.4. The molecule has 0 aliphatic heterocycles. The SMILES string of the molecule is Clc1cccc(-c2ccccc2-c2nc(-c3ccccc3)cc(-c3ccccc3)n2)c1-c1nc(-c2ccccc2)nc(-c2ccccc2)n1. The molecule has 0 aliphatic carbocycles. The van der Waals surface area contributed by atoms with Crippen molar-refractivity contribution in [2.24, 2.45) is 0 Å². The molecule has 49 heavy (non-hydrogen) atoms. The summed E-state index contributed by atoms with van der Waals surface area (Å²) in [7, 11) is 0. The fourth-order valence-electron chi connectivity index (χ4n) is 5.89. The number of hydrogen-bond donors (Lipinski definition) is 0. The van der Waals surface area contributed by atoms with Crippen LogP contribution >= 0.6 is 11.6 Å². The summed E-state index contributed by atoms with van der Waals surface area (Å²) in [5.41, 5.74) is 8.81. The maximum Gasteiger partial charge on any atom is 0.166 e. The molecule has 0 aliphatic rings. The zero-order chi connectivity index (χ0) is 33.0. The molecular formula is C43H28ClN5. The van der Waals surface area contributed by atoms with E-state index in [9.17, 15) is 0 Å². The second-order valence-corrected chi connectivity index (χ2v) is 11.8. The van der Waals surface area contributed by atoms with Crippen LogP contribution in [0.1, 0.15) is 0 Å². The van der Waals surface area contributed by atoms with Crippen molar-refractivity contribution in [2.75, 3.05) is 0 Å².